The number of nitrogens with zero attached hydrogens (tertiary/aromatic N) is 3. The Morgan fingerprint density at radius 2 is 1.73 bits per heavy atom. The average Bonchev–Trinajstić information content (AvgIpc) is 3.43. The van der Waals surface area contributed by atoms with Gasteiger partial charge in [0, 0.05) is 29.5 Å². The van der Waals surface area contributed by atoms with Gasteiger partial charge in [-0.1, -0.05) is 43.3 Å². The molecule has 1 amide bonds. The van der Waals surface area contributed by atoms with E-state index in [4.69, 9.17) is 15.2 Å². The number of fused-ring (bicyclic) bond motifs is 1. The SMILES string of the molecule is CCN1CCC(COc2cc3ncnc(-c4ccc(C(C(N)=O)c5ccc(C(F)(F)F)cc5)cc4)c3cc2OC)C1. The maximum atomic E-state index is 13.0. The number of primary amides is 1. The van der Waals surface area contributed by atoms with Crippen LogP contribution >= 0.6 is 0 Å². The van der Waals surface area contributed by atoms with Crippen molar-refractivity contribution in [1.29, 1.82) is 0 Å². The summed E-state index contributed by atoms with van der Waals surface area (Å²) < 4.78 is 50.8. The smallest absolute Gasteiger partial charge is 0.416 e. The topological polar surface area (TPSA) is 90.6 Å². The zero-order chi connectivity index (χ0) is 29.1. The summed E-state index contributed by atoms with van der Waals surface area (Å²) in [6.45, 7) is 5.89. The Hall–Kier alpha value is -4.18. The molecule has 10 heteroatoms. The van der Waals surface area contributed by atoms with E-state index in [0.29, 0.717) is 46.4 Å². The molecule has 2 atom stereocenters. The van der Waals surface area contributed by atoms with Crippen LogP contribution in [0.1, 0.15) is 36.0 Å². The van der Waals surface area contributed by atoms with Gasteiger partial charge >= 0.3 is 6.18 Å². The zero-order valence-electron chi connectivity index (χ0n) is 22.8. The number of ether oxygens (including phenoxy) is 2. The van der Waals surface area contributed by atoms with Crippen LogP contribution < -0.4 is 15.2 Å². The highest BCUT2D eigenvalue weighted by atomic mass is 19.4. The van der Waals surface area contributed by atoms with E-state index in [1.807, 2.05) is 12.1 Å². The number of aromatic nitrogens is 2. The maximum Gasteiger partial charge on any atom is 0.416 e. The van der Waals surface area contributed by atoms with Gasteiger partial charge in [-0.2, -0.15) is 13.2 Å². The number of alkyl halides is 3. The molecule has 4 aromatic rings. The standard InChI is InChI=1S/C31H31F3N4O3/c1-3-38-13-12-19(16-38)17-41-27-15-25-24(14-26(27)40-2)29(37-18-36-25)22-6-4-20(5-7-22)28(30(35)39)21-8-10-23(11-9-21)31(32,33)34/h4-11,14-15,18-19,28H,3,12-13,16-17H2,1-2H3,(H2,35,39). The fourth-order valence-corrected chi connectivity index (χ4v) is 5.33. The number of carbonyl (C=O) groups is 1. The minimum atomic E-state index is -4.47. The van der Waals surface area contributed by atoms with Crippen molar-refractivity contribution in [1.82, 2.24) is 14.9 Å². The van der Waals surface area contributed by atoms with Crippen LogP contribution in [0.3, 0.4) is 0 Å². The van der Waals surface area contributed by atoms with Gasteiger partial charge in [-0.05, 0) is 48.8 Å². The summed E-state index contributed by atoms with van der Waals surface area (Å²) in [6, 6.07) is 15.2. The maximum absolute atomic E-state index is 13.0. The largest absolute Gasteiger partial charge is 0.493 e. The van der Waals surface area contributed by atoms with E-state index in [1.54, 1.807) is 31.4 Å². The number of halogens is 3. The molecule has 2 unspecified atom stereocenters. The number of hydrogen-bond donors (Lipinski definition) is 1. The number of benzene rings is 3. The molecule has 7 nitrogen and oxygen atoms in total. The second-order valence-corrected chi connectivity index (χ2v) is 10.2. The van der Waals surface area contributed by atoms with E-state index in [2.05, 4.69) is 21.8 Å². The number of carbonyl (C=O) groups excluding carboxylic acids is 1. The van der Waals surface area contributed by atoms with Crippen molar-refractivity contribution >= 4 is 16.8 Å². The molecule has 1 saturated heterocycles. The summed E-state index contributed by atoms with van der Waals surface area (Å²) in [5.74, 6) is 0.0869. The van der Waals surface area contributed by atoms with Gasteiger partial charge in [0.1, 0.15) is 6.33 Å². The fourth-order valence-electron chi connectivity index (χ4n) is 5.33. The summed E-state index contributed by atoms with van der Waals surface area (Å²) >= 11 is 0. The van der Waals surface area contributed by atoms with Crippen molar-refractivity contribution in [2.45, 2.75) is 25.4 Å². The number of methoxy groups -OCH3 is 1. The molecule has 3 aromatic carbocycles. The van der Waals surface area contributed by atoms with Gasteiger partial charge in [-0.3, -0.25) is 4.79 Å². The van der Waals surface area contributed by atoms with Crippen molar-refractivity contribution in [3.8, 4) is 22.8 Å². The molecule has 2 N–H and O–H groups in total. The van der Waals surface area contributed by atoms with Crippen molar-refractivity contribution in [3.63, 3.8) is 0 Å². The summed E-state index contributed by atoms with van der Waals surface area (Å²) in [4.78, 5) is 23.7. The third kappa shape index (κ3) is 6.12. The van der Waals surface area contributed by atoms with Crippen LogP contribution in [-0.2, 0) is 11.0 Å². The van der Waals surface area contributed by atoms with E-state index in [9.17, 15) is 18.0 Å². The van der Waals surface area contributed by atoms with E-state index in [-0.39, 0.29) is 0 Å². The lowest BCUT2D eigenvalue weighted by Crippen LogP contribution is -2.22. The molecular formula is C31H31F3N4O3. The number of likely N-dealkylation sites (tertiary alicyclic amines) is 1. The van der Waals surface area contributed by atoms with Gasteiger partial charge < -0.3 is 20.1 Å². The second-order valence-electron chi connectivity index (χ2n) is 10.2. The zero-order valence-corrected chi connectivity index (χ0v) is 22.8. The predicted octanol–water partition coefficient (Wildman–Crippen LogP) is 5.66. The van der Waals surface area contributed by atoms with Crippen molar-refractivity contribution in [2.75, 3.05) is 33.4 Å². The van der Waals surface area contributed by atoms with Gasteiger partial charge in [0.15, 0.2) is 11.5 Å². The molecule has 0 bridgehead atoms. The van der Waals surface area contributed by atoms with E-state index in [0.717, 1.165) is 49.1 Å². The third-order valence-electron chi connectivity index (χ3n) is 7.59. The Balaban J connectivity index is 1.41. The molecule has 214 valence electrons. The molecule has 5 rings (SSSR count). The first kappa shape index (κ1) is 28.4. The molecule has 1 aromatic heterocycles. The van der Waals surface area contributed by atoms with Gasteiger partial charge in [0.2, 0.25) is 5.91 Å². The van der Waals surface area contributed by atoms with Crippen LogP contribution in [0.25, 0.3) is 22.2 Å². The Morgan fingerprint density at radius 1 is 1.05 bits per heavy atom. The van der Waals surface area contributed by atoms with Crippen LogP contribution in [0, 0.1) is 5.92 Å². The molecule has 0 radical (unpaired) electrons. The lowest BCUT2D eigenvalue weighted by molar-refractivity contribution is -0.137. The highest BCUT2D eigenvalue weighted by molar-refractivity contribution is 5.94. The summed E-state index contributed by atoms with van der Waals surface area (Å²) in [6.07, 6.45) is -1.89. The lowest BCUT2D eigenvalue weighted by Gasteiger charge is -2.17. The van der Waals surface area contributed by atoms with E-state index < -0.39 is 23.6 Å². The Kier molecular flexibility index (Phi) is 8.12. The minimum absolute atomic E-state index is 0.378. The molecular weight excluding hydrogens is 533 g/mol. The first-order valence-electron chi connectivity index (χ1n) is 13.4. The number of amides is 1. The number of rotatable bonds is 9. The Morgan fingerprint density at radius 3 is 2.32 bits per heavy atom. The van der Waals surface area contributed by atoms with Crippen LogP contribution in [-0.4, -0.2) is 54.1 Å². The van der Waals surface area contributed by atoms with Gasteiger partial charge in [-0.25, -0.2) is 9.97 Å². The quantitative estimate of drug-likeness (QED) is 0.282. The summed E-state index contributed by atoms with van der Waals surface area (Å²) in [5.41, 5.74) is 7.92. The third-order valence-corrected chi connectivity index (χ3v) is 7.59. The molecule has 41 heavy (non-hydrogen) atoms. The average molecular weight is 565 g/mol. The summed E-state index contributed by atoms with van der Waals surface area (Å²) in [5, 5.41) is 0.761. The molecule has 1 aliphatic rings. The van der Waals surface area contributed by atoms with Crippen LogP contribution in [0.4, 0.5) is 13.2 Å². The van der Waals surface area contributed by atoms with Gasteiger partial charge in [0.25, 0.3) is 0 Å². The highest BCUT2D eigenvalue weighted by Crippen LogP contribution is 2.37. The first-order valence-corrected chi connectivity index (χ1v) is 13.4. The van der Waals surface area contributed by atoms with E-state index >= 15 is 0 Å². The lowest BCUT2D eigenvalue weighted by atomic mass is 9.89. The molecule has 1 fully saturated rings. The minimum Gasteiger partial charge on any atom is -0.493 e. The first-order chi connectivity index (χ1) is 19.7. The van der Waals surface area contributed by atoms with Crippen LogP contribution in [0.15, 0.2) is 67.0 Å². The monoisotopic (exact) mass is 564 g/mol. The number of hydrogen-bond acceptors (Lipinski definition) is 6. The van der Waals surface area contributed by atoms with Crippen molar-refractivity contribution in [2.24, 2.45) is 11.7 Å². The predicted molar refractivity (Wildman–Crippen MR) is 150 cm³/mol. The van der Waals surface area contributed by atoms with Gasteiger partial charge in [-0.15, -0.1) is 0 Å². The van der Waals surface area contributed by atoms with Crippen LogP contribution in [0.5, 0.6) is 11.5 Å². The Bertz CT molecular complexity index is 1530. The summed E-state index contributed by atoms with van der Waals surface area (Å²) in [7, 11) is 1.59. The van der Waals surface area contributed by atoms with Crippen molar-refractivity contribution in [3.05, 3.63) is 83.7 Å². The molecule has 0 aliphatic carbocycles. The van der Waals surface area contributed by atoms with Crippen LogP contribution in [0.2, 0.25) is 0 Å². The number of nitrogens with two attached hydrogens (primary N) is 1. The molecule has 2 heterocycles. The van der Waals surface area contributed by atoms with Crippen molar-refractivity contribution < 1.29 is 27.4 Å². The van der Waals surface area contributed by atoms with Gasteiger partial charge in [0.05, 0.1) is 36.4 Å². The van der Waals surface area contributed by atoms with E-state index in [1.165, 1.54) is 18.5 Å². The molecule has 0 spiro atoms. The highest BCUT2D eigenvalue weighted by Gasteiger charge is 2.31. The fraction of sp³-hybridized carbons (Fsp3) is 0.323. The molecule has 1 aliphatic heterocycles. The molecule has 0 saturated carbocycles. The second kappa shape index (κ2) is 11.7. The Labute approximate surface area is 236 Å². The normalized spacial score (nSPS) is 16.6.